The van der Waals surface area contributed by atoms with Crippen molar-refractivity contribution < 1.29 is 19.1 Å². The number of H-pyrrole nitrogens is 1. The number of aromatic hydroxyl groups is 1. The van der Waals surface area contributed by atoms with Crippen LogP contribution in [0, 0.1) is 11.7 Å². The van der Waals surface area contributed by atoms with Crippen LogP contribution >= 0.6 is 0 Å². The molecule has 1 aliphatic heterocycles. The van der Waals surface area contributed by atoms with Gasteiger partial charge in [0.15, 0.2) is 5.82 Å². The molecule has 5 aromatic rings. The molecule has 0 bridgehead atoms. The van der Waals surface area contributed by atoms with Crippen molar-refractivity contribution in [3.63, 3.8) is 0 Å². The van der Waals surface area contributed by atoms with Crippen molar-refractivity contribution in [2.24, 2.45) is 11.7 Å². The predicted molar refractivity (Wildman–Crippen MR) is 168 cm³/mol. The fourth-order valence-electron chi connectivity index (χ4n) is 6.07. The van der Waals surface area contributed by atoms with E-state index >= 15 is 0 Å². The second-order valence-corrected chi connectivity index (χ2v) is 11.5. The van der Waals surface area contributed by atoms with Crippen LogP contribution in [-0.2, 0) is 4.79 Å². The van der Waals surface area contributed by atoms with Crippen LogP contribution in [-0.4, -0.2) is 50.1 Å². The maximum absolute atomic E-state index is 13.4. The summed E-state index contributed by atoms with van der Waals surface area (Å²) in [5, 5.41) is 19.2. The lowest BCUT2D eigenvalue weighted by atomic mass is 9.86. The first-order chi connectivity index (χ1) is 21.1. The number of pyridine rings is 1. The maximum Gasteiger partial charge on any atom is 0.254 e. The van der Waals surface area contributed by atoms with Gasteiger partial charge in [0.05, 0.1) is 16.6 Å². The molecule has 1 saturated heterocycles. The number of nitrogens with one attached hydrogen (secondary N) is 1. The monoisotopic (exact) mass is 592 g/mol. The van der Waals surface area contributed by atoms with Crippen LogP contribution < -0.4 is 11.5 Å². The molecular weight excluding hydrogens is 559 g/mol. The number of amides is 2. The van der Waals surface area contributed by atoms with E-state index in [9.17, 15) is 19.1 Å². The van der Waals surface area contributed by atoms with E-state index in [4.69, 9.17) is 11.5 Å². The Morgan fingerprint density at radius 1 is 0.977 bits per heavy atom. The number of halogens is 1. The third-order valence-electron chi connectivity index (χ3n) is 8.41. The van der Waals surface area contributed by atoms with Gasteiger partial charge in [-0.3, -0.25) is 19.7 Å². The number of hydrogen-bond donors (Lipinski definition) is 4. The Morgan fingerprint density at radius 3 is 2.23 bits per heavy atom. The zero-order valence-electron chi connectivity index (χ0n) is 24.5. The highest BCUT2D eigenvalue weighted by molar-refractivity contribution is 6.04. The molecule has 0 aliphatic carbocycles. The molecule has 0 radical (unpaired) electrons. The topological polar surface area (TPSA) is 151 Å². The molecule has 3 aromatic carbocycles. The van der Waals surface area contributed by atoms with Gasteiger partial charge in [-0.15, -0.1) is 0 Å². The van der Waals surface area contributed by atoms with E-state index in [0.29, 0.717) is 16.9 Å². The smallest absolute Gasteiger partial charge is 0.254 e. The summed E-state index contributed by atoms with van der Waals surface area (Å²) in [6.07, 6.45) is 3.17. The zero-order chi connectivity index (χ0) is 31.1. The normalized spacial score (nSPS) is 14.0. The minimum Gasteiger partial charge on any atom is -0.506 e. The summed E-state index contributed by atoms with van der Waals surface area (Å²) in [6.45, 7) is 5.30. The highest BCUT2D eigenvalue weighted by Gasteiger charge is 2.27. The predicted octanol–water partition coefficient (Wildman–Crippen LogP) is 5.85. The van der Waals surface area contributed by atoms with E-state index in [1.165, 1.54) is 30.5 Å². The number of benzene rings is 3. The molecule has 6 N–H and O–H groups in total. The first kappa shape index (κ1) is 28.9. The number of likely N-dealkylation sites (tertiary alicyclic amines) is 1. The van der Waals surface area contributed by atoms with E-state index in [2.05, 4.69) is 27.3 Å². The van der Waals surface area contributed by atoms with E-state index in [1.54, 1.807) is 0 Å². The molecule has 1 fully saturated rings. The van der Waals surface area contributed by atoms with E-state index in [-0.39, 0.29) is 40.3 Å². The number of anilines is 1. The molecule has 0 spiro atoms. The van der Waals surface area contributed by atoms with Gasteiger partial charge in [-0.25, -0.2) is 4.39 Å². The Hall–Kier alpha value is -5.25. The van der Waals surface area contributed by atoms with Gasteiger partial charge in [-0.1, -0.05) is 50.2 Å². The molecule has 6 rings (SSSR count). The first-order valence-corrected chi connectivity index (χ1v) is 14.6. The second kappa shape index (κ2) is 11.4. The summed E-state index contributed by atoms with van der Waals surface area (Å²) in [5.74, 6) is -0.730. The van der Waals surface area contributed by atoms with Gasteiger partial charge in [0.1, 0.15) is 17.1 Å². The second-order valence-electron chi connectivity index (χ2n) is 11.5. The van der Waals surface area contributed by atoms with Crippen molar-refractivity contribution in [3.05, 3.63) is 83.8 Å². The Kier molecular flexibility index (Phi) is 7.50. The lowest BCUT2D eigenvalue weighted by Gasteiger charge is -2.33. The SMILES string of the molecule is CC(C)C(=O)N1CCC(c2cc(-c3ccc(-c4ncc(-c5ccc(F)cc5)c(O)c4C(N)=O)cc3)c3c(N)n[nH]c3c2)CC1. The van der Waals surface area contributed by atoms with Crippen molar-refractivity contribution in [2.45, 2.75) is 32.6 Å². The van der Waals surface area contributed by atoms with Crippen molar-refractivity contribution in [1.29, 1.82) is 0 Å². The number of nitrogen functional groups attached to an aromatic ring is 1. The minimum absolute atomic E-state index is 0.0172. The fraction of sp³-hybridized carbons (Fsp3) is 0.235. The molecule has 10 heteroatoms. The number of carbonyl (C=O) groups is 2. The largest absolute Gasteiger partial charge is 0.506 e. The number of rotatable bonds is 6. The van der Waals surface area contributed by atoms with Crippen molar-refractivity contribution in [3.8, 4) is 39.3 Å². The molecule has 44 heavy (non-hydrogen) atoms. The molecular formula is C34H33FN6O3. The summed E-state index contributed by atoms with van der Waals surface area (Å²) < 4.78 is 13.4. The molecule has 1 aliphatic rings. The Labute approximate surface area is 253 Å². The standard InChI is InChI=1S/C34H33FN6O3/c1-18(2)34(44)41-13-11-19(12-14-41)23-15-25(28-27(16-23)39-40-32(28)36)20-3-5-22(6-4-20)30-29(33(37)43)31(42)26(17-38-30)21-7-9-24(35)10-8-21/h3-10,15-19H,11-14H2,1-2H3,(H2,37,43)(H,38,42)(H3,36,39,40). The van der Waals surface area contributed by atoms with Crippen LogP contribution in [0.5, 0.6) is 5.75 Å². The average molecular weight is 593 g/mol. The molecule has 2 aromatic heterocycles. The summed E-state index contributed by atoms with van der Waals surface area (Å²) in [4.78, 5) is 31.4. The number of carbonyl (C=O) groups excluding carboxylic acids is 2. The lowest BCUT2D eigenvalue weighted by Crippen LogP contribution is -2.40. The van der Waals surface area contributed by atoms with E-state index < -0.39 is 11.7 Å². The summed E-state index contributed by atoms with van der Waals surface area (Å²) in [5.41, 5.74) is 17.2. The number of nitrogens with two attached hydrogens (primary N) is 2. The fourth-order valence-corrected chi connectivity index (χ4v) is 6.07. The van der Waals surface area contributed by atoms with Crippen molar-refractivity contribution >= 4 is 28.5 Å². The highest BCUT2D eigenvalue weighted by Crippen LogP contribution is 2.40. The van der Waals surface area contributed by atoms with Crippen LogP contribution in [0.4, 0.5) is 10.2 Å². The number of aromatic amines is 1. The van der Waals surface area contributed by atoms with Gasteiger partial charge in [0, 0.05) is 36.3 Å². The van der Waals surface area contributed by atoms with Crippen molar-refractivity contribution in [1.82, 2.24) is 20.1 Å². The Balaban J connectivity index is 1.34. The lowest BCUT2D eigenvalue weighted by molar-refractivity contribution is -0.135. The van der Waals surface area contributed by atoms with E-state index in [0.717, 1.165) is 53.5 Å². The number of aromatic nitrogens is 3. The van der Waals surface area contributed by atoms with Crippen LogP contribution in [0.3, 0.4) is 0 Å². The van der Waals surface area contributed by atoms with Gasteiger partial charge in [-0.05, 0) is 65.3 Å². The highest BCUT2D eigenvalue weighted by atomic mass is 19.1. The number of hydrogen-bond acceptors (Lipinski definition) is 6. The molecule has 2 amide bonds. The quantitative estimate of drug-likeness (QED) is 0.194. The van der Waals surface area contributed by atoms with Crippen LogP contribution in [0.25, 0.3) is 44.4 Å². The van der Waals surface area contributed by atoms with E-state index in [1.807, 2.05) is 43.0 Å². The molecule has 9 nitrogen and oxygen atoms in total. The van der Waals surface area contributed by atoms with Gasteiger partial charge >= 0.3 is 0 Å². The van der Waals surface area contributed by atoms with Gasteiger partial charge < -0.3 is 21.5 Å². The van der Waals surface area contributed by atoms with Gasteiger partial charge in [-0.2, -0.15) is 5.10 Å². The van der Waals surface area contributed by atoms with Crippen LogP contribution in [0.2, 0.25) is 0 Å². The summed E-state index contributed by atoms with van der Waals surface area (Å²) in [6, 6.07) is 17.2. The van der Waals surface area contributed by atoms with Crippen LogP contribution in [0.1, 0.15) is 48.5 Å². The molecule has 224 valence electrons. The molecule has 3 heterocycles. The summed E-state index contributed by atoms with van der Waals surface area (Å²) >= 11 is 0. The summed E-state index contributed by atoms with van der Waals surface area (Å²) in [7, 11) is 0. The van der Waals surface area contributed by atoms with Crippen molar-refractivity contribution in [2.75, 3.05) is 18.8 Å². The third-order valence-corrected chi connectivity index (χ3v) is 8.41. The molecule has 0 saturated carbocycles. The third kappa shape index (κ3) is 5.23. The Morgan fingerprint density at radius 2 is 1.59 bits per heavy atom. The molecule has 0 atom stereocenters. The Bertz CT molecular complexity index is 1870. The number of primary amides is 1. The van der Waals surface area contributed by atoms with Gasteiger partial charge in [0.25, 0.3) is 5.91 Å². The minimum atomic E-state index is -0.834. The number of nitrogens with zero attached hydrogens (tertiary/aromatic N) is 3. The zero-order valence-corrected chi connectivity index (χ0v) is 24.5. The number of piperidine rings is 1. The first-order valence-electron chi connectivity index (χ1n) is 14.6. The van der Waals surface area contributed by atoms with Gasteiger partial charge in [0.2, 0.25) is 5.91 Å². The average Bonchev–Trinajstić information content (AvgIpc) is 3.41. The number of fused-ring (bicyclic) bond motifs is 1. The van der Waals surface area contributed by atoms with Crippen LogP contribution in [0.15, 0.2) is 66.9 Å². The maximum atomic E-state index is 13.4. The molecule has 0 unspecified atom stereocenters.